The van der Waals surface area contributed by atoms with E-state index in [1.54, 1.807) is 36.4 Å². The quantitative estimate of drug-likeness (QED) is 0.727. The first-order valence-corrected chi connectivity index (χ1v) is 7.25. The zero-order valence-electron chi connectivity index (χ0n) is 11.6. The van der Waals surface area contributed by atoms with E-state index < -0.39 is 0 Å². The van der Waals surface area contributed by atoms with Crippen LogP contribution in [-0.2, 0) is 0 Å². The molecule has 3 rings (SSSR count). The maximum atomic E-state index is 12.3. The number of hydrogen-bond donors (Lipinski definition) is 2. The molecule has 0 unspecified atom stereocenters. The molecule has 0 spiro atoms. The first-order valence-electron chi connectivity index (χ1n) is 6.50. The van der Waals surface area contributed by atoms with Crippen LogP contribution in [-0.4, -0.2) is 18.0 Å². The molecule has 1 amide bonds. The minimum Gasteiger partial charge on any atom is -0.495 e. The molecule has 0 saturated carbocycles. The molecule has 0 atom stereocenters. The van der Waals surface area contributed by atoms with Gasteiger partial charge in [-0.25, -0.2) is 0 Å². The summed E-state index contributed by atoms with van der Waals surface area (Å²) in [6, 6.07) is 12.2. The number of benzene rings is 2. The van der Waals surface area contributed by atoms with Gasteiger partial charge in [-0.3, -0.25) is 4.79 Å². The summed E-state index contributed by atoms with van der Waals surface area (Å²) in [6.45, 7) is 0. The molecule has 0 aliphatic heterocycles. The molecule has 112 valence electrons. The number of methoxy groups -OCH3 is 1. The van der Waals surface area contributed by atoms with Gasteiger partial charge in [-0.15, -0.1) is 0 Å². The second-order valence-corrected chi connectivity index (χ2v) is 5.56. The number of amides is 1. The number of fused-ring (bicyclic) bond motifs is 1. The van der Waals surface area contributed by atoms with Crippen LogP contribution in [0.2, 0.25) is 10.0 Å². The third-order valence-electron chi connectivity index (χ3n) is 3.24. The molecule has 22 heavy (non-hydrogen) atoms. The molecule has 4 nitrogen and oxygen atoms in total. The van der Waals surface area contributed by atoms with Gasteiger partial charge in [0.25, 0.3) is 5.91 Å². The number of hydrogen-bond acceptors (Lipinski definition) is 2. The van der Waals surface area contributed by atoms with Gasteiger partial charge in [0.15, 0.2) is 0 Å². The standard InChI is InChI=1S/C16H12Cl2N2O2/c1-22-15-5-3-11(8-12(15)18)19-16(21)14-7-9-6-10(17)2-4-13(9)20-14/h2-8,20H,1H3,(H,19,21). The monoisotopic (exact) mass is 334 g/mol. The number of carbonyl (C=O) groups is 1. The van der Waals surface area contributed by atoms with Crippen molar-refractivity contribution in [1.82, 2.24) is 4.98 Å². The van der Waals surface area contributed by atoms with Crippen LogP contribution >= 0.6 is 23.2 Å². The number of halogens is 2. The number of H-pyrrole nitrogens is 1. The molecule has 6 heteroatoms. The van der Waals surface area contributed by atoms with E-state index in [9.17, 15) is 4.79 Å². The second-order valence-electron chi connectivity index (χ2n) is 4.72. The largest absolute Gasteiger partial charge is 0.495 e. The smallest absolute Gasteiger partial charge is 0.272 e. The van der Waals surface area contributed by atoms with Crippen molar-refractivity contribution in [2.75, 3.05) is 12.4 Å². The number of anilines is 1. The summed E-state index contributed by atoms with van der Waals surface area (Å²) in [4.78, 5) is 15.3. The highest BCUT2D eigenvalue weighted by Gasteiger charge is 2.11. The van der Waals surface area contributed by atoms with Crippen LogP contribution in [0.3, 0.4) is 0 Å². The van der Waals surface area contributed by atoms with E-state index in [2.05, 4.69) is 10.3 Å². The Labute approximate surface area is 137 Å². The zero-order valence-corrected chi connectivity index (χ0v) is 13.1. The lowest BCUT2D eigenvalue weighted by Gasteiger charge is -2.07. The van der Waals surface area contributed by atoms with E-state index >= 15 is 0 Å². The van der Waals surface area contributed by atoms with Gasteiger partial charge in [-0.1, -0.05) is 23.2 Å². The van der Waals surface area contributed by atoms with E-state index in [0.717, 1.165) is 10.9 Å². The summed E-state index contributed by atoms with van der Waals surface area (Å²) in [6.07, 6.45) is 0. The van der Waals surface area contributed by atoms with Gasteiger partial charge in [0.05, 0.1) is 12.1 Å². The molecule has 0 fully saturated rings. The predicted octanol–water partition coefficient (Wildman–Crippen LogP) is 4.74. The Bertz CT molecular complexity index is 858. The molecule has 1 heterocycles. The first kappa shape index (κ1) is 14.8. The highest BCUT2D eigenvalue weighted by molar-refractivity contribution is 6.32. The molecule has 0 radical (unpaired) electrons. The van der Waals surface area contributed by atoms with Gasteiger partial charge in [0.2, 0.25) is 0 Å². The summed E-state index contributed by atoms with van der Waals surface area (Å²) in [5, 5.41) is 4.72. The van der Waals surface area contributed by atoms with Crippen molar-refractivity contribution >= 4 is 45.7 Å². The number of aromatic nitrogens is 1. The van der Waals surface area contributed by atoms with Crippen LogP contribution in [0.4, 0.5) is 5.69 Å². The Balaban J connectivity index is 1.85. The Kier molecular flexibility index (Phi) is 3.96. The van der Waals surface area contributed by atoms with E-state index in [0.29, 0.717) is 27.2 Å². The zero-order chi connectivity index (χ0) is 15.7. The van der Waals surface area contributed by atoms with Gasteiger partial charge < -0.3 is 15.0 Å². The molecule has 0 bridgehead atoms. The molecular formula is C16H12Cl2N2O2. The fraction of sp³-hybridized carbons (Fsp3) is 0.0625. The highest BCUT2D eigenvalue weighted by atomic mass is 35.5. The number of carbonyl (C=O) groups excluding carboxylic acids is 1. The topological polar surface area (TPSA) is 54.1 Å². The molecule has 3 aromatic rings. The third-order valence-corrected chi connectivity index (χ3v) is 3.77. The van der Waals surface area contributed by atoms with Crippen LogP contribution in [0.5, 0.6) is 5.75 Å². The van der Waals surface area contributed by atoms with E-state index in [1.165, 1.54) is 7.11 Å². The van der Waals surface area contributed by atoms with E-state index in [1.807, 2.05) is 6.07 Å². The summed E-state index contributed by atoms with van der Waals surface area (Å²) in [5.74, 6) is 0.300. The van der Waals surface area contributed by atoms with Crippen LogP contribution in [0.15, 0.2) is 42.5 Å². The van der Waals surface area contributed by atoms with Crippen molar-refractivity contribution in [3.63, 3.8) is 0 Å². The Hall–Kier alpha value is -2.17. The molecular weight excluding hydrogens is 323 g/mol. The molecule has 2 aromatic carbocycles. The van der Waals surface area contributed by atoms with Crippen molar-refractivity contribution in [1.29, 1.82) is 0 Å². The molecule has 1 aromatic heterocycles. The average molecular weight is 335 g/mol. The SMILES string of the molecule is COc1ccc(NC(=O)c2cc3cc(Cl)ccc3[nH]2)cc1Cl. The molecule has 0 saturated heterocycles. The lowest BCUT2D eigenvalue weighted by Crippen LogP contribution is -2.12. The summed E-state index contributed by atoms with van der Waals surface area (Å²) in [5.41, 5.74) is 1.89. The lowest BCUT2D eigenvalue weighted by atomic mass is 10.2. The highest BCUT2D eigenvalue weighted by Crippen LogP contribution is 2.27. The van der Waals surface area contributed by atoms with Gasteiger partial charge >= 0.3 is 0 Å². The van der Waals surface area contributed by atoms with Crippen molar-refractivity contribution in [2.24, 2.45) is 0 Å². The van der Waals surface area contributed by atoms with Gasteiger partial charge in [0.1, 0.15) is 11.4 Å². The first-order chi connectivity index (χ1) is 10.6. The van der Waals surface area contributed by atoms with Crippen molar-refractivity contribution < 1.29 is 9.53 Å². The molecule has 2 N–H and O–H groups in total. The number of aromatic amines is 1. The summed E-state index contributed by atoms with van der Waals surface area (Å²) < 4.78 is 5.08. The number of ether oxygens (including phenoxy) is 1. The normalized spacial score (nSPS) is 10.7. The molecule has 0 aliphatic rings. The summed E-state index contributed by atoms with van der Waals surface area (Å²) >= 11 is 12.0. The average Bonchev–Trinajstić information content (AvgIpc) is 2.90. The van der Waals surface area contributed by atoms with E-state index in [4.69, 9.17) is 27.9 Å². The predicted molar refractivity (Wildman–Crippen MR) is 89.3 cm³/mol. The Morgan fingerprint density at radius 2 is 1.95 bits per heavy atom. The summed E-state index contributed by atoms with van der Waals surface area (Å²) in [7, 11) is 1.54. The maximum absolute atomic E-state index is 12.3. The van der Waals surface area contributed by atoms with Crippen LogP contribution in [0.25, 0.3) is 10.9 Å². The van der Waals surface area contributed by atoms with Crippen LogP contribution < -0.4 is 10.1 Å². The number of nitrogens with one attached hydrogen (secondary N) is 2. The lowest BCUT2D eigenvalue weighted by molar-refractivity contribution is 0.102. The number of rotatable bonds is 3. The Morgan fingerprint density at radius 3 is 2.68 bits per heavy atom. The van der Waals surface area contributed by atoms with Gasteiger partial charge in [-0.2, -0.15) is 0 Å². The fourth-order valence-electron chi connectivity index (χ4n) is 2.17. The van der Waals surface area contributed by atoms with Crippen LogP contribution in [0.1, 0.15) is 10.5 Å². The minimum atomic E-state index is -0.256. The maximum Gasteiger partial charge on any atom is 0.272 e. The van der Waals surface area contributed by atoms with Gasteiger partial charge in [-0.05, 0) is 42.5 Å². The molecule has 0 aliphatic carbocycles. The van der Waals surface area contributed by atoms with Crippen molar-refractivity contribution in [3.05, 3.63) is 58.2 Å². The third kappa shape index (κ3) is 2.89. The fourth-order valence-corrected chi connectivity index (χ4v) is 2.61. The van der Waals surface area contributed by atoms with Crippen molar-refractivity contribution in [3.8, 4) is 5.75 Å². The van der Waals surface area contributed by atoms with Crippen LogP contribution in [0, 0.1) is 0 Å². The minimum absolute atomic E-state index is 0.256. The Morgan fingerprint density at radius 1 is 1.14 bits per heavy atom. The van der Waals surface area contributed by atoms with Crippen molar-refractivity contribution in [2.45, 2.75) is 0 Å². The van der Waals surface area contributed by atoms with Gasteiger partial charge in [0, 0.05) is 21.6 Å². The van der Waals surface area contributed by atoms with E-state index in [-0.39, 0.29) is 5.91 Å². The second kappa shape index (κ2) is 5.91.